The third-order valence-corrected chi connectivity index (χ3v) is 7.76. The Kier molecular flexibility index (Phi) is 6.59. The maximum absolute atomic E-state index is 12.6. The van der Waals surface area contributed by atoms with E-state index in [9.17, 15) is 18.5 Å². The molecule has 0 aliphatic rings. The smallest absolute Gasteiger partial charge is 0.268 e. The lowest BCUT2D eigenvalue weighted by Gasteiger charge is -2.09. The molecule has 31 heavy (non-hydrogen) atoms. The molecule has 2 aromatic heterocycles. The SMILES string of the molecule is CCS(=O)(=O)c1nnc(NC(=O)/C(C#N)=C\c2cc(C)n(-c3ccc(Cl)cc3)c2C)s1. The Labute approximate surface area is 188 Å². The highest BCUT2D eigenvalue weighted by Gasteiger charge is 2.20. The highest BCUT2D eigenvalue weighted by atomic mass is 35.5. The van der Waals surface area contributed by atoms with E-state index < -0.39 is 15.7 Å². The highest BCUT2D eigenvalue weighted by molar-refractivity contribution is 7.93. The number of anilines is 1. The molecule has 11 heteroatoms. The van der Waals surface area contributed by atoms with Gasteiger partial charge in [0.15, 0.2) is 0 Å². The zero-order chi connectivity index (χ0) is 22.8. The van der Waals surface area contributed by atoms with E-state index in [0.717, 1.165) is 28.4 Å². The van der Waals surface area contributed by atoms with Crippen molar-refractivity contribution in [2.45, 2.75) is 25.1 Å². The maximum Gasteiger partial charge on any atom is 0.268 e. The number of sulfone groups is 1. The number of nitriles is 1. The van der Waals surface area contributed by atoms with E-state index in [0.29, 0.717) is 10.6 Å². The second-order valence-corrected chi connectivity index (χ2v) is 10.4. The molecule has 8 nitrogen and oxygen atoms in total. The second kappa shape index (κ2) is 9.01. The summed E-state index contributed by atoms with van der Waals surface area (Å²) < 4.78 is 25.5. The van der Waals surface area contributed by atoms with Crippen molar-refractivity contribution in [3.05, 3.63) is 57.9 Å². The molecule has 1 amide bonds. The highest BCUT2D eigenvalue weighted by Crippen LogP contribution is 2.25. The van der Waals surface area contributed by atoms with E-state index in [1.165, 1.54) is 13.0 Å². The standard InChI is InChI=1S/C20H18ClN5O3S2/c1-4-31(28,29)20-25-24-19(30-20)23-18(27)15(11-22)10-14-9-12(2)26(13(14)3)17-7-5-16(21)6-8-17/h5-10H,4H2,1-3H3,(H,23,24,27)/b15-10-. The van der Waals surface area contributed by atoms with Crippen molar-refractivity contribution in [2.24, 2.45) is 0 Å². The number of nitrogens with one attached hydrogen (secondary N) is 1. The molecule has 0 fully saturated rings. The maximum atomic E-state index is 12.6. The molecule has 3 aromatic rings. The summed E-state index contributed by atoms with van der Waals surface area (Å²) >= 11 is 6.71. The van der Waals surface area contributed by atoms with Crippen molar-refractivity contribution in [1.82, 2.24) is 14.8 Å². The van der Waals surface area contributed by atoms with E-state index in [1.54, 1.807) is 12.1 Å². The Morgan fingerprint density at radius 2 is 1.97 bits per heavy atom. The van der Waals surface area contributed by atoms with Gasteiger partial charge in [-0.2, -0.15) is 5.26 Å². The van der Waals surface area contributed by atoms with Gasteiger partial charge in [0.05, 0.1) is 5.75 Å². The van der Waals surface area contributed by atoms with Crippen molar-refractivity contribution in [2.75, 3.05) is 11.1 Å². The minimum absolute atomic E-state index is 0.00446. The van der Waals surface area contributed by atoms with Crippen LogP contribution in [0.1, 0.15) is 23.9 Å². The van der Waals surface area contributed by atoms with Gasteiger partial charge in [0.1, 0.15) is 11.6 Å². The Hall–Kier alpha value is -3.00. The predicted octanol–water partition coefficient (Wildman–Crippen LogP) is 3.94. The topological polar surface area (TPSA) is 118 Å². The van der Waals surface area contributed by atoms with Gasteiger partial charge in [-0.3, -0.25) is 10.1 Å². The van der Waals surface area contributed by atoms with E-state index in [4.69, 9.17) is 11.6 Å². The molecular formula is C20H18ClN5O3S2. The van der Waals surface area contributed by atoms with Crippen LogP contribution in [-0.2, 0) is 14.6 Å². The van der Waals surface area contributed by atoms with Crippen molar-refractivity contribution in [1.29, 1.82) is 5.26 Å². The molecule has 0 saturated carbocycles. The number of halogens is 1. The normalized spacial score (nSPS) is 11.9. The van der Waals surface area contributed by atoms with E-state index in [1.807, 2.05) is 42.7 Å². The molecule has 0 aliphatic heterocycles. The fourth-order valence-corrected chi connectivity index (χ4v) is 5.01. The average Bonchev–Trinajstić information content (AvgIpc) is 3.31. The first-order chi connectivity index (χ1) is 14.7. The summed E-state index contributed by atoms with van der Waals surface area (Å²) in [4.78, 5) is 12.6. The Balaban J connectivity index is 1.88. The van der Waals surface area contributed by atoms with Crippen molar-refractivity contribution < 1.29 is 13.2 Å². The van der Waals surface area contributed by atoms with Crippen LogP contribution < -0.4 is 5.32 Å². The number of carbonyl (C=O) groups excluding carboxylic acids is 1. The molecule has 0 spiro atoms. The molecule has 0 bridgehead atoms. The molecule has 1 aromatic carbocycles. The first kappa shape index (κ1) is 22.7. The van der Waals surface area contributed by atoms with Gasteiger partial charge in [-0.05, 0) is 55.8 Å². The van der Waals surface area contributed by atoms with Crippen LogP contribution in [0.4, 0.5) is 5.13 Å². The number of amides is 1. The molecule has 0 radical (unpaired) electrons. The molecule has 1 N–H and O–H groups in total. The van der Waals surface area contributed by atoms with Gasteiger partial charge in [-0.25, -0.2) is 8.42 Å². The molecular weight excluding hydrogens is 458 g/mol. The molecule has 160 valence electrons. The second-order valence-electron chi connectivity index (χ2n) is 6.54. The largest absolute Gasteiger partial charge is 0.318 e. The molecule has 2 heterocycles. The molecule has 0 unspecified atom stereocenters. The van der Waals surface area contributed by atoms with Gasteiger partial charge in [-0.15, -0.1) is 10.2 Å². The number of hydrogen-bond donors (Lipinski definition) is 1. The van der Waals surface area contributed by atoms with Gasteiger partial charge >= 0.3 is 0 Å². The Bertz CT molecular complexity index is 1320. The van der Waals surface area contributed by atoms with E-state index >= 15 is 0 Å². The number of carbonyl (C=O) groups is 1. The third-order valence-electron chi connectivity index (χ3n) is 4.49. The monoisotopic (exact) mass is 475 g/mol. The fraction of sp³-hybridized carbons (Fsp3) is 0.200. The van der Waals surface area contributed by atoms with Gasteiger partial charge in [0, 0.05) is 22.1 Å². The summed E-state index contributed by atoms with van der Waals surface area (Å²) in [7, 11) is -3.52. The van der Waals surface area contributed by atoms with Crippen molar-refractivity contribution in [3.63, 3.8) is 0 Å². The lowest BCUT2D eigenvalue weighted by molar-refractivity contribution is -0.112. The first-order valence-corrected chi connectivity index (χ1v) is 11.9. The zero-order valence-corrected chi connectivity index (χ0v) is 19.3. The number of nitrogens with zero attached hydrogens (tertiary/aromatic N) is 4. The zero-order valence-electron chi connectivity index (χ0n) is 16.9. The van der Waals surface area contributed by atoms with Gasteiger partial charge in [0.2, 0.25) is 19.3 Å². The lowest BCUT2D eigenvalue weighted by atomic mass is 10.1. The summed E-state index contributed by atoms with van der Waals surface area (Å²) in [6.45, 7) is 5.29. The summed E-state index contributed by atoms with van der Waals surface area (Å²) in [6, 6.07) is 11.1. The number of benzene rings is 1. The van der Waals surface area contributed by atoms with Crippen LogP contribution in [-0.4, -0.2) is 34.8 Å². The number of aryl methyl sites for hydroxylation is 1. The minimum atomic E-state index is -3.52. The predicted molar refractivity (Wildman–Crippen MR) is 120 cm³/mol. The Morgan fingerprint density at radius 1 is 1.29 bits per heavy atom. The van der Waals surface area contributed by atoms with Crippen LogP contribution in [0.2, 0.25) is 5.02 Å². The van der Waals surface area contributed by atoms with Crippen LogP contribution in [0.25, 0.3) is 11.8 Å². The summed E-state index contributed by atoms with van der Waals surface area (Å²) in [5.41, 5.74) is 3.22. The third kappa shape index (κ3) is 4.85. The number of hydrogen-bond acceptors (Lipinski definition) is 7. The van der Waals surface area contributed by atoms with Crippen LogP contribution in [0.3, 0.4) is 0 Å². The number of rotatable bonds is 6. The van der Waals surface area contributed by atoms with Gasteiger partial charge in [-0.1, -0.05) is 29.9 Å². The first-order valence-electron chi connectivity index (χ1n) is 9.10. The summed E-state index contributed by atoms with van der Waals surface area (Å²) in [5.74, 6) is -0.822. The minimum Gasteiger partial charge on any atom is -0.318 e. The van der Waals surface area contributed by atoms with Crippen molar-refractivity contribution in [3.8, 4) is 11.8 Å². The quantitative estimate of drug-likeness (QED) is 0.327. The van der Waals surface area contributed by atoms with Crippen molar-refractivity contribution >= 4 is 49.9 Å². The van der Waals surface area contributed by atoms with E-state index in [2.05, 4.69) is 15.5 Å². The summed E-state index contributed by atoms with van der Waals surface area (Å²) in [5, 5.41) is 19.8. The molecule has 0 aliphatic carbocycles. The molecule has 0 saturated heterocycles. The summed E-state index contributed by atoms with van der Waals surface area (Å²) in [6.07, 6.45) is 1.48. The fourth-order valence-electron chi connectivity index (χ4n) is 2.90. The van der Waals surface area contributed by atoms with Crippen LogP contribution in [0, 0.1) is 25.2 Å². The van der Waals surface area contributed by atoms with Gasteiger partial charge in [0.25, 0.3) is 5.91 Å². The van der Waals surface area contributed by atoms with Crippen LogP contribution >= 0.6 is 22.9 Å². The van der Waals surface area contributed by atoms with Gasteiger partial charge < -0.3 is 4.57 Å². The molecule has 0 atom stereocenters. The van der Waals surface area contributed by atoms with E-state index in [-0.39, 0.29) is 20.8 Å². The average molecular weight is 476 g/mol. The van der Waals surface area contributed by atoms with Crippen LogP contribution in [0.15, 0.2) is 40.2 Å². The number of aromatic nitrogens is 3. The Morgan fingerprint density at radius 3 is 2.58 bits per heavy atom. The van der Waals surface area contributed by atoms with Crippen LogP contribution in [0.5, 0.6) is 0 Å². The molecule has 3 rings (SSSR count). The lowest BCUT2D eigenvalue weighted by Crippen LogP contribution is -2.13.